The molecule has 0 radical (unpaired) electrons. The van der Waals surface area contributed by atoms with Crippen molar-refractivity contribution in [1.29, 1.82) is 0 Å². The molecule has 0 aromatic heterocycles. The van der Waals surface area contributed by atoms with Crippen LogP contribution in [-0.4, -0.2) is 24.3 Å². The van der Waals surface area contributed by atoms with Crippen LogP contribution in [0.1, 0.15) is 24.5 Å². The van der Waals surface area contributed by atoms with Gasteiger partial charge in [-0.3, -0.25) is 4.79 Å². The largest absolute Gasteiger partial charge is 0.481 e. The van der Waals surface area contributed by atoms with Crippen molar-refractivity contribution in [3.63, 3.8) is 0 Å². The molecular formula is C20H24FNO2S. The minimum atomic E-state index is -0.502. The molecule has 0 heterocycles. The van der Waals surface area contributed by atoms with E-state index in [0.29, 0.717) is 30.0 Å². The maximum atomic E-state index is 13.5. The van der Waals surface area contributed by atoms with Crippen molar-refractivity contribution in [3.05, 3.63) is 65.5 Å². The molecule has 0 saturated carbocycles. The van der Waals surface area contributed by atoms with Crippen LogP contribution in [0, 0.1) is 12.7 Å². The first-order valence-corrected chi connectivity index (χ1v) is 9.57. The van der Waals surface area contributed by atoms with E-state index in [1.807, 2.05) is 44.2 Å². The molecule has 0 aliphatic carbocycles. The predicted molar refractivity (Wildman–Crippen MR) is 101 cm³/mol. The molecule has 2 aromatic rings. The minimum Gasteiger partial charge on any atom is -0.481 e. The van der Waals surface area contributed by atoms with Crippen LogP contribution in [0.5, 0.6) is 5.75 Å². The lowest BCUT2D eigenvalue weighted by atomic mass is 10.2. The number of nitrogens with one attached hydrogen (secondary N) is 1. The molecule has 0 bridgehead atoms. The molecule has 0 spiro atoms. The first kappa shape index (κ1) is 19.3. The Balaban J connectivity index is 1.72. The summed E-state index contributed by atoms with van der Waals surface area (Å²) in [5.41, 5.74) is 1.78. The molecule has 0 unspecified atom stereocenters. The molecule has 25 heavy (non-hydrogen) atoms. The van der Waals surface area contributed by atoms with Gasteiger partial charge in [0.1, 0.15) is 11.6 Å². The standard InChI is InChI=1S/C20H24FNO2S/c1-3-19(24-17-9-6-7-15(2)13-17)20(23)22-11-12-25-14-16-8-4-5-10-18(16)21/h4-10,13,19H,3,11-12,14H2,1-2H3,(H,22,23)/t19-/m0/s1. The fourth-order valence-corrected chi connectivity index (χ4v) is 3.18. The summed E-state index contributed by atoms with van der Waals surface area (Å²) < 4.78 is 19.3. The zero-order valence-corrected chi connectivity index (χ0v) is 15.4. The molecule has 2 aromatic carbocycles. The highest BCUT2D eigenvalue weighted by Gasteiger charge is 2.17. The van der Waals surface area contributed by atoms with Gasteiger partial charge in [-0.05, 0) is 42.7 Å². The van der Waals surface area contributed by atoms with Gasteiger partial charge < -0.3 is 10.1 Å². The van der Waals surface area contributed by atoms with Gasteiger partial charge in [0.25, 0.3) is 5.91 Å². The highest BCUT2D eigenvalue weighted by molar-refractivity contribution is 7.98. The summed E-state index contributed by atoms with van der Waals surface area (Å²) in [5.74, 6) is 1.73. The van der Waals surface area contributed by atoms with Crippen molar-refractivity contribution in [3.8, 4) is 5.75 Å². The van der Waals surface area contributed by atoms with Gasteiger partial charge in [-0.2, -0.15) is 11.8 Å². The van der Waals surface area contributed by atoms with Crippen LogP contribution in [0.25, 0.3) is 0 Å². The van der Waals surface area contributed by atoms with Crippen molar-refractivity contribution in [2.45, 2.75) is 32.1 Å². The zero-order chi connectivity index (χ0) is 18.1. The Morgan fingerprint density at radius 3 is 2.76 bits per heavy atom. The van der Waals surface area contributed by atoms with Crippen molar-refractivity contribution in [2.24, 2.45) is 0 Å². The van der Waals surface area contributed by atoms with E-state index in [1.54, 1.807) is 23.9 Å². The lowest BCUT2D eigenvalue weighted by Crippen LogP contribution is -2.39. The van der Waals surface area contributed by atoms with Gasteiger partial charge in [-0.1, -0.05) is 37.3 Å². The molecular weight excluding hydrogens is 337 g/mol. The van der Waals surface area contributed by atoms with Crippen LogP contribution in [0.3, 0.4) is 0 Å². The molecule has 0 aliphatic rings. The normalized spacial score (nSPS) is 11.8. The van der Waals surface area contributed by atoms with Gasteiger partial charge in [0.2, 0.25) is 0 Å². The molecule has 2 rings (SSSR count). The van der Waals surface area contributed by atoms with Gasteiger partial charge >= 0.3 is 0 Å². The monoisotopic (exact) mass is 361 g/mol. The first-order valence-electron chi connectivity index (χ1n) is 8.42. The number of hydrogen-bond donors (Lipinski definition) is 1. The third-order valence-electron chi connectivity index (χ3n) is 3.69. The van der Waals surface area contributed by atoms with Crippen LogP contribution in [0.2, 0.25) is 0 Å². The molecule has 1 atom stereocenters. The SMILES string of the molecule is CC[C@H](Oc1cccc(C)c1)C(=O)NCCSCc1ccccc1F. The molecule has 134 valence electrons. The Labute approximate surface area is 153 Å². The summed E-state index contributed by atoms with van der Waals surface area (Å²) >= 11 is 1.59. The molecule has 1 N–H and O–H groups in total. The number of ether oxygens (including phenoxy) is 1. The van der Waals surface area contributed by atoms with Gasteiger partial charge in [-0.25, -0.2) is 4.39 Å². The number of aryl methyl sites for hydroxylation is 1. The van der Waals surface area contributed by atoms with Crippen LogP contribution >= 0.6 is 11.8 Å². The number of carbonyl (C=O) groups is 1. The first-order chi connectivity index (χ1) is 12.1. The number of hydrogen-bond acceptors (Lipinski definition) is 3. The average molecular weight is 361 g/mol. The van der Waals surface area contributed by atoms with E-state index in [0.717, 1.165) is 11.3 Å². The number of thioether (sulfide) groups is 1. The summed E-state index contributed by atoms with van der Waals surface area (Å²) in [6, 6.07) is 14.4. The molecule has 1 amide bonds. The van der Waals surface area contributed by atoms with E-state index in [1.165, 1.54) is 6.07 Å². The second-order valence-corrected chi connectivity index (χ2v) is 6.87. The van der Waals surface area contributed by atoms with Crippen LogP contribution < -0.4 is 10.1 Å². The number of halogens is 1. The Kier molecular flexibility index (Phi) is 7.79. The fraction of sp³-hybridized carbons (Fsp3) is 0.350. The lowest BCUT2D eigenvalue weighted by molar-refractivity contribution is -0.127. The molecule has 0 aliphatic heterocycles. The average Bonchev–Trinajstić information content (AvgIpc) is 2.60. The number of carbonyl (C=O) groups excluding carboxylic acids is 1. The number of benzene rings is 2. The van der Waals surface area contributed by atoms with E-state index >= 15 is 0 Å². The Hall–Kier alpha value is -2.01. The second kappa shape index (κ2) is 10.1. The molecule has 5 heteroatoms. The van der Waals surface area contributed by atoms with Crippen LogP contribution in [-0.2, 0) is 10.5 Å². The number of rotatable bonds is 9. The van der Waals surface area contributed by atoms with Crippen LogP contribution in [0.4, 0.5) is 4.39 Å². The molecule has 3 nitrogen and oxygen atoms in total. The van der Waals surface area contributed by atoms with Gasteiger partial charge in [0.15, 0.2) is 6.10 Å². The van der Waals surface area contributed by atoms with Crippen LogP contribution in [0.15, 0.2) is 48.5 Å². The maximum Gasteiger partial charge on any atom is 0.261 e. The van der Waals surface area contributed by atoms with Gasteiger partial charge in [0.05, 0.1) is 0 Å². The predicted octanol–water partition coefficient (Wildman–Crippen LogP) is 4.34. The highest BCUT2D eigenvalue weighted by Crippen LogP contribution is 2.16. The van der Waals surface area contributed by atoms with E-state index in [2.05, 4.69) is 5.32 Å². The van der Waals surface area contributed by atoms with Gasteiger partial charge in [0, 0.05) is 18.1 Å². The van der Waals surface area contributed by atoms with Crippen molar-refractivity contribution in [1.82, 2.24) is 5.32 Å². The van der Waals surface area contributed by atoms with E-state index in [9.17, 15) is 9.18 Å². The summed E-state index contributed by atoms with van der Waals surface area (Å²) in [6.07, 6.45) is 0.0978. The van der Waals surface area contributed by atoms with E-state index in [4.69, 9.17) is 4.74 Å². The number of amides is 1. The Bertz CT molecular complexity index is 693. The van der Waals surface area contributed by atoms with E-state index < -0.39 is 6.10 Å². The maximum absolute atomic E-state index is 13.5. The fourth-order valence-electron chi connectivity index (χ4n) is 2.33. The summed E-state index contributed by atoms with van der Waals surface area (Å²) in [6.45, 7) is 4.44. The third-order valence-corrected chi connectivity index (χ3v) is 4.70. The lowest BCUT2D eigenvalue weighted by Gasteiger charge is -2.17. The van der Waals surface area contributed by atoms with E-state index in [-0.39, 0.29) is 11.7 Å². The summed E-state index contributed by atoms with van der Waals surface area (Å²) in [4.78, 5) is 12.2. The second-order valence-electron chi connectivity index (χ2n) is 5.77. The Morgan fingerprint density at radius 1 is 1.24 bits per heavy atom. The summed E-state index contributed by atoms with van der Waals surface area (Å²) in [5, 5.41) is 2.89. The Morgan fingerprint density at radius 2 is 2.04 bits per heavy atom. The van der Waals surface area contributed by atoms with Crippen molar-refractivity contribution in [2.75, 3.05) is 12.3 Å². The smallest absolute Gasteiger partial charge is 0.261 e. The van der Waals surface area contributed by atoms with Gasteiger partial charge in [-0.15, -0.1) is 0 Å². The highest BCUT2D eigenvalue weighted by atomic mass is 32.2. The molecule has 0 fully saturated rings. The van der Waals surface area contributed by atoms with Crippen molar-refractivity contribution >= 4 is 17.7 Å². The quantitative estimate of drug-likeness (QED) is 0.675. The van der Waals surface area contributed by atoms with Crippen molar-refractivity contribution < 1.29 is 13.9 Å². The molecule has 0 saturated heterocycles. The topological polar surface area (TPSA) is 38.3 Å². The zero-order valence-electron chi connectivity index (χ0n) is 14.6. The summed E-state index contributed by atoms with van der Waals surface area (Å²) in [7, 11) is 0. The minimum absolute atomic E-state index is 0.115. The third kappa shape index (κ3) is 6.42.